The maximum atomic E-state index is 14.4. The van der Waals surface area contributed by atoms with Gasteiger partial charge in [-0.15, -0.1) is 0 Å². The van der Waals surface area contributed by atoms with Crippen LogP contribution in [-0.4, -0.2) is 14.7 Å². The molecule has 1 unspecified atom stereocenters. The first kappa shape index (κ1) is 21.3. The molecule has 0 spiro atoms. The zero-order valence-corrected chi connectivity index (χ0v) is 16.3. The molecule has 3 rings (SSSR count). The lowest BCUT2D eigenvalue weighted by Crippen LogP contribution is -2.16. The van der Waals surface area contributed by atoms with Gasteiger partial charge in [0.25, 0.3) is 0 Å². The van der Waals surface area contributed by atoms with E-state index in [-0.39, 0.29) is 21.6 Å². The molecule has 3 aromatic carbocycles. The molecule has 4 nitrogen and oxygen atoms in total. The summed E-state index contributed by atoms with van der Waals surface area (Å²) >= 11 is 0. The van der Waals surface area contributed by atoms with Gasteiger partial charge in [0.05, 0.1) is 22.6 Å². The Morgan fingerprint density at radius 1 is 0.867 bits per heavy atom. The van der Waals surface area contributed by atoms with E-state index in [0.717, 1.165) is 30.5 Å². The smallest absolute Gasteiger partial charge is 0.175 e. The van der Waals surface area contributed by atoms with E-state index in [1.54, 1.807) is 6.07 Å². The number of sulfone groups is 1. The quantitative estimate of drug-likeness (QED) is 0.590. The van der Waals surface area contributed by atoms with E-state index in [1.807, 2.05) is 0 Å². The van der Waals surface area contributed by atoms with Crippen LogP contribution >= 0.6 is 0 Å². The molecule has 0 aromatic heterocycles. The van der Waals surface area contributed by atoms with Crippen molar-refractivity contribution in [2.75, 3.05) is 11.6 Å². The molecule has 30 heavy (non-hydrogen) atoms. The number of nitrogens with zero attached hydrogens (tertiary/aromatic N) is 1. The van der Waals surface area contributed by atoms with Crippen molar-refractivity contribution in [3.05, 3.63) is 94.6 Å². The number of halogens is 4. The number of nitrogens with one attached hydrogen (secondary N) is 1. The van der Waals surface area contributed by atoms with Crippen LogP contribution in [-0.2, 0) is 9.84 Å². The monoisotopic (exact) mass is 434 g/mol. The Kier molecular flexibility index (Phi) is 5.80. The molecule has 0 saturated heterocycles. The molecule has 0 aliphatic carbocycles. The first-order chi connectivity index (χ1) is 14.1. The second-order valence-electron chi connectivity index (χ2n) is 6.52. The van der Waals surface area contributed by atoms with Gasteiger partial charge in [0.15, 0.2) is 33.1 Å². The number of nitriles is 1. The summed E-state index contributed by atoms with van der Waals surface area (Å²) in [4.78, 5) is -0.0600. The molecule has 0 aliphatic rings. The van der Waals surface area contributed by atoms with Crippen LogP contribution in [0.5, 0.6) is 0 Å². The third-order valence-corrected chi connectivity index (χ3v) is 5.47. The third kappa shape index (κ3) is 4.44. The van der Waals surface area contributed by atoms with Crippen molar-refractivity contribution in [2.45, 2.75) is 10.9 Å². The largest absolute Gasteiger partial charge is 0.369 e. The predicted octanol–water partition coefficient (Wildman–Crippen LogP) is 4.72. The summed E-state index contributed by atoms with van der Waals surface area (Å²) < 4.78 is 79.9. The molecule has 3 aromatic rings. The van der Waals surface area contributed by atoms with E-state index >= 15 is 0 Å². The highest BCUT2D eigenvalue weighted by atomic mass is 32.2. The number of anilines is 1. The summed E-state index contributed by atoms with van der Waals surface area (Å²) in [6.07, 6.45) is 0.992. The van der Waals surface area contributed by atoms with Crippen LogP contribution in [0, 0.1) is 34.6 Å². The first-order valence-corrected chi connectivity index (χ1v) is 10.4. The topological polar surface area (TPSA) is 70.0 Å². The number of hydrogen-bond acceptors (Lipinski definition) is 4. The highest BCUT2D eigenvalue weighted by Gasteiger charge is 2.22. The van der Waals surface area contributed by atoms with Gasteiger partial charge in [-0.2, -0.15) is 5.26 Å². The van der Waals surface area contributed by atoms with Crippen molar-refractivity contribution in [3.63, 3.8) is 0 Å². The highest BCUT2D eigenvalue weighted by molar-refractivity contribution is 7.90. The van der Waals surface area contributed by atoms with Gasteiger partial charge in [0.1, 0.15) is 5.69 Å². The van der Waals surface area contributed by atoms with Crippen molar-refractivity contribution in [1.29, 1.82) is 5.26 Å². The van der Waals surface area contributed by atoms with E-state index in [2.05, 4.69) is 5.32 Å². The van der Waals surface area contributed by atoms with Gasteiger partial charge in [0.2, 0.25) is 0 Å². The normalized spacial score (nSPS) is 12.3. The number of benzene rings is 3. The molecule has 0 aliphatic heterocycles. The number of hydrogen-bond donors (Lipinski definition) is 1. The van der Waals surface area contributed by atoms with Crippen molar-refractivity contribution in [2.24, 2.45) is 0 Å². The molecule has 0 amide bonds. The summed E-state index contributed by atoms with van der Waals surface area (Å²) in [5.41, 5.74) is -0.498. The molecule has 0 saturated carbocycles. The van der Waals surface area contributed by atoms with Crippen molar-refractivity contribution >= 4 is 15.5 Å². The Morgan fingerprint density at radius 2 is 1.50 bits per heavy atom. The van der Waals surface area contributed by atoms with Crippen LogP contribution in [0.3, 0.4) is 0 Å². The second kappa shape index (κ2) is 8.16. The number of rotatable bonds is 5. The molecular weight excluding hydrogens is 420 g/mol. The van der Waals surface area contributed by atoms with E-state index in [0.29, 0.717) is 0 Å². The molecule has 0 radical (unpaired) electrons. The lowest BCUT2D eigenvalue weighted by molar-refractivity contribution is 0.506. The molecule has 0 fully saturated rings. The van der Waals surface area contributed by atoms with Crippen molar-refractivity contribution < 1.29 is 26.0 Å². The lowest BCUT2D eigenvalue weighted by atomic mass is 9.98. The zero-order valence-electron chi connectivity index (χ0n) is 15.5. The van der Waals surface area contributed by atoms with Gasteiger partial charge >= 0.3 is 0 Å². The van der Waals surface area contributed by atoms with Crippen molar-refractivity contribution in [1.82, 2.24) is 0 Å². The fraction of sp³-hybridized carbons (Fsp3) is 0.0952. The average Bonchev–Trinajstić information content (AvgIpc) is 2.69. The van der Waals surface area contributed by atoms with Gasteiger partial charge < -0.3 is 5.32 Å². The SMILES string of the molecule is CS(=O)(=O)c1cccc(C(Nc2c(F)cc(C#N)cc2F)c2ccc(F)c(F)c2)c1. The standard InChI is InChI=1S/C21H14F4N2O2S/c1-30(28,29)15-4-2-3-13(9-15)20(14-5-6-16(22)17(23)10-14)27-21-18(24)7-12(11-26)8-19(21)25/h2-10,20,27H,1H3. The fourth-order valence-corrected chi connectivity index (χ4v) is 3.57. The molecule has 1 atom stereocenters. The summed E-state index contributed by atoms with van der Waals surface area (Å²) in [6, 6.07) is 10.6. The molecular formula is C21H14F4N2O2S. The zero-order chi connectivity index (χ0) is 22.1. The molecule has 9 heteroatoms. The maximum absolute atomic E-state index is 14.4. The lowest BCUT2D eigenvalue weighted by Gasteiger charge is -2.22. The highest BCUT2D eigenvalue weighted by Crippen LogP contribution is 2.32. The van der Waals surface area contributed by atoms with Crippen LogP contribution in [0.25, 0.3) is 0 Å². The van der Waals surface area contributed by atoms with E-state index in [9.17, 15) is 26.0 Å². The van der Waals surface area contributed by atoms with Crippen LogP contribution in [0.4, 0.5) is 23.2 Å². The van der Waals surface area contributed by atoms with Gasteiger partial charge in [-0.25, -0.2) is 26.0 Å². The Bertz CT molecular complexity index is 1250. The average molecular weight is 434 g/mol. The van der Waals surface area contributed by atoms with Crippen LogP contribution in [0.1, 0.15) is 22.7 Å². The minimum atomic E-state index is -3.60. The molecule has 0 heterocycles. The van der Waals surface area contributed by atoms with E-state index in [4.69, 9.17) is 5.26 Å². The van der Waals surface area contributed by atoms with Crippen LogP contribution in [0.2, 0.25) is 0 Å². The van der Waals surface area contributed by atoms with E-state index in [1.165, 1.54) is 30.3 Å². The van der Waals surface area contributed by atoms with Gasteiger partial charge in [-0.3, -0.25) is 0 Å². The summed E-state index contributed by atoms with van der Waals surface area (Å²) in [5, 5.41) is 11.4. The van der Waals surface area contributed by atoms with Gasteiger partial charge in [-0.1, -0.05) is 18.2 Å². The Labute approximate surface area is 170 Å². The fourth-order valence-electron chi connectivity index (χ4n) is 2.90. The second-order valence-corrected chi connectivity index (χ2v) is 8.54. The Balaban J connectivity index is 2.17. The van der Waals surface area contributed by atoms with Crippen LogP contribution < -0.4 is 5.32 Å². The third-order valence-electron chi connectivity index (χ3n) is 4.36. The summed E-state index contributed by atoms with van der Waals surface area (Å²) in [7, 11) is -3.60. The van der Waals surface area contributed by atoms with E-state index < -0.39 is 44.8 Å². The predicted molar refractivity (Wildman–Crippen MR) is 102 cm³/mol. The summed E-state index contributed by atoms with van der Waals surface area (Å²) in [6.45, 7) is 0. The van der Waals surface area contributed by atoms with Crippen LogP contribution in [0.15, 0.2) is 59.5 Å². The minimum Gasteiger partial charge on any atom is -0.369 e. The molecule has 154 valence electrons. The Morgan fingerprint density at radius 3 is 2.07 bits per heavy atom. The van der Waals surface area contributed by atoms with Crippen molar-refractivity contribution in [3.8, 4) is 6.07 Å². The maximum Gasteiger partial charge on any atom is 0.175 e. The molecule has 1 N–H and O–H groups in total. The molecule has 0 bridgehead atoms. The minimum absolute atomic E-state index is 0.0600. The summed E-state index contributed by atoms with van der Waals surface area (Å²) in [5.74, 6) is -4.44. The van der Waals surface area contributed by atoms with Gasteiger partial charge in [-0.05, 0) is 47.5 Å². The van der Waals surface area contributed by atoms with Gasteiger partial charge in [0, 0.05) is 6.26 Å². The Hall–Kier alpha value is -3.38. The first-order valence-electron chi connectivity index (χ1n) is 8.51.